The Kier molecular flexibility index (Phi) is 3.93. The lowest BCUT2D eigenvalue weighted by Crippen LogP contribution is -2.30. The normalized spacial score (nSPS) is 28.8. The van der Waals surface area contributed by atoms with Gasteiger partial charge in [-0.25, -0.2) is 0 Å². The molecule has 1 N–H and O–H groups in total. The van der Waals surface area contributed by atoms with E-state index >= 15 is 0 Å². The summed E-state index contributed by atoms with van der Waals surface area (Å²) in [6, 6.07) is 8.85. The van der Waals surface area contributed by atoms with E-state index in [4.69, 9.17) is 4.74 Å². The molecule has 3 atom stereocenters. The Morgan fingerprint density at radius 3 is 2.35 bits per heavy atom. The minimum absolute atomic E-state index is 0.634. The predicted octanol–water partition coefficient (Wildman–Crippen LogP) is 3.93. The van der Waals surface area contributed by atoms with Crippen LogP contribution in [0.5, 0.6) is 5.75 Å². The molecular weight excluding hydrogens is 210 g/mol. The van der Waals surface area contributed by atoms with Crippen molar-refractivity contribution in [3.8, 4) is 5.75 Å². The van der Waals surface area contributed by atoms with E-state index in [1.165, 1.54) is 24.9 Å². The highest BCUT2D eigenvalue weighted by Gasteiger charge is 2.24. The summed E-state index contributed by atoms with van der Waals surface area (Å²) in [5, 5.41) is 3.63. The van der Waals surface area contributed by atoms with Crippen LogP contribution in [0.1, 0.15) is 33.1 Å². The van der Waals surface area contributed by atoms with Crippen LogP contribution in [0.15, 0.2) is 24.3 Å². The Bertz CT molecular complexity index is 346. The summed E-state index contributed by atoms with van der Waals surface area (Å²) in [5.74, 6) is 2.63. The zero-order valence-corrected chi connectivity index (χ0v) is 11.1. The van der Waals surface area contributed by atoms with Gasteiger partial charge in [0.15, 0.2) is 0 Å². The van der Waals surface area contributed by atoms with Crippen molar-refractivity contribution in [2.45, 2.75) is 39.2 Å². The van der Waals surface area contributed by atoms with Crippen molar-refractivity contribution in [2.24, 2.45) is 11.8 Å². The van der Waals surface area contributed by atoms with Crippen molar-refractivity contribution < 1.29 is 4.74 Å². The molecule has 1 fully saturated rings. The fourth-order valence-electron chi connectivity index (χ4n) is 2.60. The van der Waals surface area contributed by atoms with Crippen molar-refractivity contribution in [2.75, 3.05) is 12.4 Å². The van der Waals surface area contributed by atoms with Gasteiger partial charge >= 0.3 is 0 Å². The van der Waals surface area contributed by atoms with E-state index < -0.39 is 0 Å². The SMILES string of the molecule is COc1ccc(NC2CCC(C)C(C)C2)cc1. The van der Waals surface area contributed by atoms with Gasteiger partial charge in [0.25, 0.3) is 0 Å². The first-order valence-corrected chi connectivity index (χ1v) is 6.59. The average molecular weight is 233 g/mol. The molecule has 94 valence electrons. The Balaban J connectivity index is 1.92. The molecule has 0 radical (unpaired) electrons. The third-order valence-corrected chi connectivity index (χ3v) is 4.06. The molecule has 1 aromatic rings. The van der Waals surface area contributed by atoms with Crippen molar-refractivity contribution in [1.82, 2.24) is 0 Å². The van der Waals surface area contributed by atoms with Gasteiger partial charge in [-0.3, -0.25) is 0 Å². The molecule has 1 aliphatic carbocycles. The minimum Gasteiger partial charge on any atom is -0.497 e. The van der Waals surface area contributed by atoms with Crippen molar-refractivity contribution in [3.05, 3.63) is 24.3 Å². The molecule has 0 spiro atoms. The lowest BCUT2D eigenvalue weighted by Gasteiger charge is -2.33. The molecule has 1 saturated carbocycles. The topological polar surface area (TPSA) is 21.3 Å². The van der Waals surface area contributed by atoms with Gasteiger partial charge in [-0.05, 0) is 55.4 Å². The Labute approximate surface area is 104 Å². The zero-order chi connectivity index (χ0) is 12.3. The molecule has 2 rings (SSSR count). The zero-order valence-electron chi connectivity index (χ0n) is 11.1. The van der Waals surface area contributed by atoms with E-state index in [9.17, 15) is 0 Å². The molecule has 0 saturated heterocycles. The first-order valence-electron chi connectivity index (χ1n) is 6.59. The maximum Gasteiger partial charge on any atom is 0.119 e. The summed E-state index contributed by atoms with van der Waals surface area (Å²) in [7, 11) is 1.70. The van der Waals surface area contributed by atoms with Gasteiger partial charge in [-0.1, -0.05) is 13.8 Å². The lowest BCUT2D eigenvalue weighted by atomic mass is 9.79. The highest BCUT2D eigenvalue weighted by molar-refractivity contribution is 5.47. The Morgan fingerprint density at radius 1 is 1.06 bits per heavy atom. The summed E-state index contributed by atoms with van der Waals surface area (Å²) in [6.45, 7) is 4.74. The number of nitrogens with one attached hydrogen (secondary N) is 1. The number of hydrogen-bond donors (Lipinski definition) is 1. The van der Waals surface area contributed by atoms with Crippen LogP contribution in [0.3, 0.4) is 0 Å². The Morgan fingerprint density at radius 2 is 1.76 bits per heavy atom. The number of benzene rings is 1. The number of methoxy groups -OCH3 is 1. The van der Waals surface area contributed by atoms with Crippen LogP contribution in [0.4, 0.5) is 5.69 Å². The molecule has 1 aromatic carbocycles. The molecule has 2 heteroatoms. The number of rotatable bonds is 3. The quantitative estimate of drug-likeness (QED) is 0.854. The maximum absolute atomic E-state index is 5.16. The van der Waals surface area contributed by atoms with Crippen LogP contribution in [-0.2, 0) is 0 Å². The van der Waals surface area contributed by atoms with Gasteiger partial charge in [0.2, 0.25) is 0 Å². The second-order valence-corrected chi connectivity index (χ2v) is 5.34. The summed E-state index contributed by atoms with van der Waals surface area (Å²) >= 11 is 0. The molecule has 0 heterocycles. The van der Waals surface area contributed by atoms with Gasteiger partial charge in [-0.2, -0.15) is 0 Å². The second kappa shape index (κ2) is 5.44. The van der Waals surface area contributed by atoms with Crippen LogP contribution >= 0.6 is 0 Å². The smallest absolute Gasteiger partial charge is 0.119 e. The van der Waals surface area contributed by atoms with Gasteiger partial charge in [0.05, 0.1) is 7.11 Å². The molecule has 3 unspecified atom stereocenters. The maximum atomic E-state index is 5.16. The Hall–Kier alpha value is -1.18. The van der Waals surface area contributed by atoms with E-state index in [1.807, 2.05) is 12.1 Å². The van der Waals surface area contributed by atoms with Crippen molar-refractivity contribution in [3.63, 3.8) is 0 Å². The van der Waals surface area contributed by atoms with Crippen molar-refractivity contribution in [1.29, 1.82) is 0 Å². The van der Waals surface area contributed by atoms with Crippen molar-refractivity contribution >= 4 is 5.69 Å². The van der Waals surface area contributed by atoms with Crippen LogP contribution in [0.2, 0.25) is 0 Å². The minimum atomic E-state index is 0.634. The molecular formula is C15H23NO. The second-order valence-electron chi connectivity index (χ2n) is 5.34. The van der Waals surface area contributed by atoms with Gasteiger partial charge in [0.1, 0.15) is 5.75 Å². The van der Waals surface area contributed by atoms with E-state index in [-0.39, 0.29) is 0 Å². The van der Waals surface area contributed by atoms with E-state index in [1.54, 1.807) is 7.11 Å². The van der Waals surface area contributed by atoms with Gasteiger partial charge in [0, 0.05) is 11.7 Å². The number of anilines is 1. The molecule has 0 aromatic heterocycles. The first-order chi connectivity index (χ1) is 8.19. The predicted molar refractivity (Wildman–Crippen MR) is 72.6 cm³/mol. The van der Waals surface area contributed by atoms with Crippen LogP contribution in [0, 0.1) is 11.8 Å². The lowest BCUT2D eigenvalue weighted by molar-refractivity contribution is 0.261. The largest absolute Gasteiger partial charge is 0.497 e. The number of hydrogen-bond acceptors (Lipinski definition) is 2. The molecule has 2 nitrogen and oxygen atoms in total. The van der Waals surface area contributed by atoms with Gasteiger partial charge < -0.3 is 10.1 Å². The van der Waals surface area contributed by atoms with Crippen LogP contribution in [0.25, 0.3) is 0 Å². The molecule has 0 aliphatic heterocycles. The van der Waals surface area contributed by atoms with Crippen LogP contribution in [-0.4, -0.2) is 13.2 Å². The first kappa shape index (κ1) is 12.3. The average Bonchev–Trinajstić information content (AvgIpc) is 2.35. The summed E-state index contributed by atoms with van der Waals surface area (Å²) < 4.78 is 5.16. The van der Waals surface area contributed by atoms with E-state index in [2.05, 4.69) is 31.3 Å². The third kappa shape index (κ3) is 3.15. The molecule has 17 heavy (non-hydrogen) atoms. The monoisotopic (exact) mass is 233 g/mol. The standard InChI is InChI=1S/C15H23NO/c1-11-4-5-14(10-12(11)2)16-13-6-8-15(17-3)9-7-13/h6-9,11-12,14,16H,4-5,10H2,1-3H3. The van der Waals surface area contributed by atoms with Crippen LogP contribution < -0.4 is 10.1 Å². The third-order valence-electron chi connectivity index (χ3n) is 4.06. The highest BCUT2D eigenvalue weighted by Crippen LogP contribution is 2.31. The highest BCUT2D eigenvalue weighted by atomic mass is 16.5. The van der Waals surface area contributed by atoms with E-state index in [0.717, 1.165) is 17.6 Å². The summed E-state index contributed by atoms with van der Waals surface area (Å²) in [4.78, 5) is 0. The van der Waals surface area contributed by atoms with E-state index in [0.29, 0.717) is 6.04 Å². The number of ether oxygens (including phenoxy) is 1. The summed E-state index contributed by atoms with van der Waals surface area (Å²) in [6.07, 6.45) is 3.92. The van der Waals surface area contributed by atoms with Gasteiger partial charge in [-0.15, -0.1) is 0 Å². The molecule has 0 bridgehead atoms. The fraction of sp³-hybridized carbons (Fsp3) is 0.600. The molecule has 0 amide bonds. The fourth-order valence-corrected chi connectivity index (χ4v) is 2.60. The molecule has 1 aliphatic rings. The summed E-state index contributed by atoms with van der Waals surface area (Å²) in [5.41, 5.74) is 1.21.